The average Bonchev–Trinajstić information content (AvgIpc) is 2.98. The third-order valence-electron chi connectivity index (χ3n) is 5.72. The Morgan fingerprint density at radius 1 is 1.00 bits per heavy atom. The number of likely N-dealkylation sites (tertiary alicyclic amines) is 1. The second-order valence-electron chi connectivity index (χ2n) is 7.92. The van der Waals surface area contributed by atoms with Crippen molar-refractivity contribution in [2.45, 2.75) is 26.2 Å². The fourth-order valence-corrected chi connectivity index (χ4v) is 4.21. The first-order valence-corrected chi connectivity index (χ1v) is 10.2. The molecule has 0 spiro atoms. The molecule has 0 saturated carbocycles. The number of hydrogen-bond donors (Lipinski definition) is 0. The molecule has 1 unspecified atom stereocenters. The molecule has 2 amide bonds. The van der Waals surface area contributed by atoms with Gasteiger partial charge in [0.2, 0.25) is 0 Å². The van der Waals surface area contributed by atoms with Gasteiger partial charge in [-0.05, 0) is 48.4 Å². The Labute approximate surface area is 170 Å². The molecule has 4 nitrogen and oxygen atoms in total. The van der Waals surface area contributed by atoms with Crippen LogP contribution in [0.5, 0.6) is 0 Å². The van der Waals surface area contributed by atoms with Crippen molar-refractivity contribution in [3.63, 3.8) is 0 Å². The van der Waals surface area contributed by atoms with Crippen molar-refractivity contribution < 1.29 is 14.0 Å². The molecule has 1 atom stereocenters. The minimum Gasteiger partial charge on any atom is -0.366 e. The molecule has 1 saturated heterocycles. The van der Waals surface area contributed by atoms with E-state index in [2.05, 4.69) is 11.8 Å². The van der Waals surface area contributed by atoms with Gasteiger partial charge in [0.05, 0.1) is 5.57 Å². The number of halogens is 1. The number of piperidine rings is 1. The molecule has 2 aromatic carbocycles. The summed E-state index contributed by atoms with van der Waals surface area (Å²) in [6, 6.07) is 15.6. The van der Waals surface area contributed by atoms with Crippen LogP contribution in [0.3, 0.4) is 0 Å². The quantitative estimate of drug-likeness (QED) is 0.725. The number of amides is 2. The summed E-state index contributed by atoms with van der Waals surface area (Å²) in [6.07, 6.45) is 2.66. The standard InChI is InChI=1S/C24H25FN2O2/c1-17-6-5-14-26(16-17)22-21(19-7-3-2-4-8-19)23(28)27(24(22)29)15-13-18-9-11-20(25)12-10-18/h2-4,7-12,17H,5-6,13-16H2,1H3. The zero-order valence-corrected chi connectivity index (χ0v) is 16.6. The number of benzene rings is 2. The molecule has 29 heavy (non-hydrogen) atoms. The highest BCUT2D eigenvalue weighted by molar-refractivity contribution is 6.35. The topological polar surface area (TPSA) is 40.6 Å². The van der Waals surface area contributed by atoms with Crippen LogP contribution in [0.4, 0.5) is 4.39 Å². The summed E-state index contributed by atoms with van der Waals surface area (Å²) in [5.74, 6) is -0.261. The molecular formula is C24H25FN2O2. The summed E-state index contributed by atoms with van der Waals surface area (Å²) in [5, 5.41) is 0. The Balaban J connectivity index is 1.63. The number of hydrogen-bond acceptors (Lipinski definition) is 3. The van der Waals surface area contributed by atoms with Crippen molar-refractivity contribution in [3.05, 3.63) is 77.2 Å². The van der Waals surface area contributed by atoms with Crippen LogP contribution in [0.1, 0.15) is 30.9 Å². The van der Waals surface area contributed by atoms with E-state index in [1.807, 2.05) is 30.3 Å². The van der Waals surface area contributed by atoms with Crippen molar-refractivity contribution in [1.82, 2.24) is 9.80 Å². The molecule has 0 radical (unpaired) electrons. The third-order valence-corrected chi connectivity index (χ3v) is 5.72. The van der Waals surface area contributed by atoms with Crippen molar-refractivity contribution in [2.75, 3.05) is 19.6 Å². The maximum absolute atomic E-state index is 13.3. The minimum atomic E-state index is -0.295. The van der Waals surface area contributed by atoms with E-state index in [1.54, 1.807) is 12.1 Å². The van der Waals surface area contributed by atoms with Gasteiger partial charge < -0.3 is 4.90 Å². The molecule has 4 rings (SSSR count). The minimum absolute atomic E-state index is 0.218. The Morgan fingerprint density at radius 2 is 1.72 bits per heavy atom. The molecule has 2 aliphatic rings. The number of carbonyl (C=O) groups is 2. The van der Waals surface area contributed by atoms with Gasteiger partial charge in [-0.2, -0.15) is 0 Å². The van der Waals surface area contributed by atoms with Crippen LogP contribution >= 0.6 is 0 Å². The van der Waals surface area contributed by atoms with Gasteiger partial charge in [-0.1, -0.05) is 49.4 Å². The van der Waals surface area contributed by atoms with Gasteiger partial charge in [0.15, 0.2) is 0 Å². The largest absolute Gasteiger partial charge is 0.366 e. The first-order chi connectivity index (χ1) is 14.0. The maximum Gasteiger partial charge on any atom is 0.277 e. The van der Waals surface area contributed by atoms with E-state index in [0.29, 0.717) is 23.6 Å². The average molecular weight is 392 g/mol. The predicted octanol–water partition coefficient (Wildman–Crippen LogP) is 3.88. The Kier molecular flexibility index (Phi) is 5.47. The van der Waals surface area contributed by atoms with E-state index in [4.69, 9.17) is 0 Å². The molecule has 0 aliphatic carbocycles. The molecule has 0 aromatic heterocycles. The second-order valence-corrected chi connectivity index (χ2v) is 7.92. The molecule has 1 fully saturated rings. The lowest BCUT2D eigenvalue weighted by atomic mass is 9.98. The van der Waals surface area contributed by atoms with Crippen LogP contribution in [-0.2, 0) is 16.0 Å². The normalized spacial score (nSPS) is 20.0. The zero-order valence-electron chi connectivity index (χ0n) is 16.6. The van der Waals surface area contributed by atoms with Gasteiger partial charge in [-0.15, -0.1) is 0 Å². The molecule has 5 heteroatoms. The number of imide groups is 1. The maximum atomic E-state index is 13.3. The van der Waals surface area contributed by atoms with Gasteiger partial charge in [-0.3, -0.25) is 14.5 Å². The van der Waals surface area contributed by atoms with Crippen LogP contribution in [0.15, 0.2) is 60.3 Å². The van der Waals surface area contributed by atoms with Crippen molar-refractivity contribution in [2.24, 2.45) is 5.92 Å². The highest BCUT2D eigenvalue weighted by Crippen LogP contribution is 2.34. The van der Waals surface area contributed by atoms with Gasteiger partial charge in [0.25, 0.3) is 11.8 Å². The number of carbonyl (C=O) groups excluding carboxylic acids is 2. The third kappa shape index (κ3) is 3.95. The first kappa shape index (κ1) is 19.4. The predicted molar refractivity (Wildman–Crippen MR) is 110 cm³/mol. The van der Waals surface area contributed by atoms with E-state index >= 15 is 0 Å². The zero-order chi connectivity index (χ0) is 20.4. The summed E-state index contributed by atoms with van der Waals surface area (Å²) in [5.41, 5.74) is 2.72. The van der Waals surface area contributed by atoms with Crippen LogP contribution in [0, 0.1) is 11.7 Å². The monoisotopic (exact) mass is 392 g/mol. The molecule has 0 N–H and O–H groups in total. The fraction of sp³-hybridized carbons (Fsp3) is 0.333. The van der Waals surface area contributed by atoms with E-state index in [-0.39, 0.29) is 24.2 Å². The van der Waals surface area contributed by atoms with Crippen LogP contribution in [0.2, 0.25) is 0 Å². The summed E-state index contributed by atoms with van der Waals surface area (Å²) in [6.45, 7) is 4.05. The molecular weight excluding hydrogens is 367 g/mol. The van der Waals surface area contributed by atoms with Crippen LogP contribution < -0.4 is 0 Å². The van der Waals surface area contributed by atoms with Gasteiger partial charge in [0.1, 0.15) is 11.5 Å². The smallest absolute Gasteiger partial charge is 0.277 e. The molecule has 2 heterocycles. The van der Waals surface area contributed by atoms with Crippen molar-refractivity contribution in [3.8, 4) is 0 Å². The molecule has 2 aromatic rings. The molecule has 2 aliphatic heterocycles. The summed E-state index contributed by atoms with van der Waals surface area (Å²) in [7, 11) is 0. The number of rotatable bonds is 5. The molecule has 0 bridgehead atoms. The summed E-state index contributed by atoms with van der Waals surface area (Å²) in [4.78, 5) is 30.1. The van der Waals surface area contributed by atoms with E-state index in [0.717, 1.165) is 37.1 Å². The SMILES string of the molecule is CC1CCCN(C2=C(c3ccccc3)C(=O)N(CCc3ccc(F)cc3)C2=O)C1. The Hall–Kier alpha value is -2.95. The van der Waals surface area contributed by atoms with Crippen molar-refractivity contribution in [1.29, 1.82) is 0 Å². The van der Waals surface area contributed by atoms with Gasteiger partial charge in [-0.25, -0.2) is 4.39 Å². The van der Waals surface area contributed by atoms with Gasteiger partial charge >= 0.3 is 0 Å². The van der Waals surface area contributed by atoms with Crippen LogP contribution in [-0.4, -0.2) is 41.2 Å². The first-order valence-electron chi connectivity index (χ1n) is 10.2. The lowest BCUT2D eigenvalue weighted by molar-refractivity contribution is -0.137. The lowest BCUT2D eigenvalue weighted by Gasteiger charge is -2.33. The van der Waals surface area contributed by atoms with Crippen LogP contribution in [0.25, 0.3) is 5.57 Å². The number of nitrogens with zero attached hydrogens (tertiary/aromatic N) is 2. The van der Waals surface area contributed by atoms with E-state index in [1.165, 1.54) is 17.0 Å². The Bertz CT molecular complexity index is 937. The van der Waals surface area contributed by atoms with E-state index in [9.17, 15) is 14.0 Å². The summed E-state index contributed by atoms with van der Waals surface area (Å²) < 4.78 is 13.1. The summed E-state index contributed by atoms with van der Waals surface area (Å²) >= 11 is 0. The lowest BCUT2D eigenvalue weighted by Crippen LogP contribution is -2.39. The highest BCUT2D eigenvalue weighted by Gasteiger charge is 2.41. The molecule has 150 valence electrons. The van der Waals surface area contributed by atoms with E-state index < -0.39 is 0 Å². The highest BCUT2D eigenvalue weighted by atomic mass is 19.1. The Morgan fingerprint density at radius 3 is 2.41 bits per heavy atom. The van der Waals surface area contributed by atoms with Crippen molar-refractivity contribution >= 4 is 17.4 Å². The fourth-order valence-electron chi connectivity index (χ4n) is 4.21. The second kappa shape index (κ2) is 8.19. The van der Waals surface area contributed by atoms with Gasteiger partial charge in [0, 0.05) is 19.6 Å².